The van der Waals surface area contributed by atoms with E-state index in [-0.39, 0.29) is 30.0 Å². The average molecular weight is 528 g/mol. The molecule has 30 heavy (non-hydrogen) atoms. The van der Waals surface area contributed by atoms with E-state index in [2.05, 4.69) is 26.9 Å². The fourth-order valence-corrected chi connectivity index (χ4v) is 3.23. The van der Waals surface area contributed by atoms with Crippen molar-refractivity contribution in [1.82, 2.24) is 25.4 Å². The number of halogens is 1. The molecule has 166 valence electrons. The lowest BCUT2D eigenvalue weighted by molar-refractivity contribution is 0.143. The van der Waals surface area contributed by atoms with Crippen LogP contribution in [0, 0.1) is 6.92 Å². The number of rotatable bonds is 9. The second kappa shape index (κ2) is 12.7. The van der Waals surface area contributed by atoms with Gasteiger partial charge in [0, 0.05) is 38.8 Å². The highest BCUT2D eigenvalue weighted by atomic mass is 127. The van der Waals surface area contributed by atoms with Gasteiger partial charge in [-0.3, -0.25) is 0 Å². The summed E-state index contributed by atoms with van der Waals surface area (Å²) in [6.45, 7) is 7.52. The molecular formula is C21H33IN6O2. The van der Waals surface area contributed by atoms with Crippen LogP contribution >= 0.6 is 24.0 Å². The Morgan fingerprint density at radius 1 is 1.30 bits per heavy atom. The number of ether oxygens (including phenoxy) is 2. The third-order valence-electron chi connectivity index (χ3n) is 5.04. The Hall–Kier alpha value is -1.88. The van der Waals surface area contributed by atoms with Crippen molar-refractivity contribution in [2.45, 2.75) is 45.7 Å². The minimum absolute atomic E-state index is 0. The van der Waals surface area contributed by atoms with Gasteiger partial charge in [-0.1, -0.05) is 18.2 Å². The number of nitrogens with one attached hydrogen (secondary N) is 2. The fraction of sp³-hybridized carbons (Fsp3) is 0.571. The van der Waals surface area contributed by atoms with Gasteiger partial charge in [-0.25, -0.2) is 4.99 Å². The van der Waals surface area contributed by atoms with Crippen LogP contribution in [0.25, 0.3) is 0 Å². The monoisotopic (exact) mass is 528 g/mol. The van der Waals surface area contributed by atoms with Crippen molar-refractivity contribution < 1.29 is 9.47 Å². The third-order valence-corrected chi connectivity index (χ3v) is 5.04. The molecule has 2 heterocycles. The number of hydrogen-bond acceptors (Lipinski definition) is 5. The normalized spacial score (nSPS) is 15.7. The van der Waals surface area contributed by atoms with Gasteiger partial charge in [0.25, 0.3) is 0 Å². The van der Waals surface area contributed by atoms with Crippen molar-refractivity contribution in [3.8, 4) is 5.75 Å². The molecule has 1 aromatic carbocycles. The van der Waals surface area contributed by atoms with E-state index in [9.17, 15) is 0 Å². The summed E-state index contributed by atoms with van der Waals surface area (Å²) in [4.78, 5) is 4.77. The van der Waals surface area contributed by atoms with E-state index in [4.69, 9.17) is 14.5 Å². The van der Waals surface area contributed by atoms with Crippen molar-refractivity contribution in [3.05, 3.63) is 41.5 Å². The van der Waals surface area contributed by atoms with Gasteiger partial charge < -0.3 is 24.7 Å². The molecule has 2 N–H and O–H groups in total. The van der Waals surface area contributed by atoms with E-state index in [1.807, 2.05) is 43.7 Å². The van der Waals surface area contributed by atoms with E-state index < -0.39 is 0 Å². The number of unbranched alkanes of at least 4 members (excludes halogenated alkanes) is 1. The second-order valence-corrected chi connectivity index (χ2v) is 7.09. The van der Waals surface area contributed by atoms with E-state index in [1.165, 1.54) is 5.56 Å². The number of nitrogens with zero attached hydrogens (tertiary/aromatic N) is 4. The zero-order valence-corrected chi connectivity index (χ0v) is 20.4. The van der Waals surface area contributed by atoms with Crippen molar-refractivity contribution in [3.63, 3.8) is 0 Å². The molecule has 0 saturated carbocycles. The first-order valence-corrected chi connectivity index (χ1v) is 10.4. The number of guanidine groups is 1. The Labute approximate surface area is 195 Å². The van der Waals surface area contributed by atoms with Crippen LogP contribution in [0.5, 0.6) is 5.75 Å². The van der Waals surface area contributed by atoms with E-state index in [0.29, 0.717) is 13.2 Å². The Morgan fingerprint density at radius 3 is 2.90 bits per heavy atom. The molecule has 1 aliphatic rings. The van der Waals surface area contributed by atoms with Gasteiger partial charge in [-0.05, 0) is 32.8 Å². The lowest BCUT2D eigenvalue weighted by Gasteiger charge is -2.28. The lowest BCUT2D eigenvalue weighted by atomic mass is 10.0. The number of aromatic nitrogens is 3. The first kappa shape index (κ1) is 24.4. The van der Waals surface area contributed by atoms with Crippen LogP contribution in [-0.2, 0) is 18.3 Å². The lowest BCUT2D eigenvalue weighted by Crippen LogP contribution is -2.41. The second-order valence-electron chi connectivity index (χ2n) is 7.09. The molecule has 1 atom stereocenters. The van der Waals surface area contributed by atoms with Crippen LogP contribution in [0.15, 0.2) is 29.3 Å². The first-order chi connectivity index (χ1) is 14.2. The molecule has 9 heteroatoms. The van der Waals surface area contributed by atoms with Crippen LogP contribution in [0.4, 0.5) is 0 Å². The van der Waals surface area contributed by atoms with E-state index in [0.717, 1.165) is 62.4 Å². The smallest absolute Gasteiger partial charge is 0.192 e. The maximum atomic E-state index is 5.78. The van der Waals surface area contributed by atoms with Crippen LogP contribution in [0.3, 0.4) is 0 Å². The van der Waals surface area contributed by atoms with E-state index >= 15 is 0 Å². The van der Waals surface area contributed by atoms with Crippen molar-refractivity contribution >= 4 is 29.9 Å². The fourth-order valence-electron chi connectivity index (χ4n) is 3.23. The number of hydrogen-bond donors (Lipinski definition) is 2. The van der Waals surface area contributed by atoms with Gasteiger partial charge >= 0.3 is 0 Å². The van der Waals surface area contributed by atoms with Gasteiger partial charge in [-0.15, -0.1) is 34.2 Å². The third kappa shape index (κ3) is 6.83. The molecule has 8 nitrogen and oxygen atoms in total. The molecule has 0 saturated heterocycles. The number of aliphatic imine (C=N–C) groups is 1. The van der Waals surface area contributed by atoms with Crippen molar-refractivity contribution in [2.75, 3.05) is 26.4 Å². The summed E-state index contributed by atoms with van der Waals surface area (Å²) in [5.41, 5.74) is 1.17. The summed E-state index contributed by atoms with van der Waals surface area (Å²) in [6, 6.07) is 8.34. The van der Waals surface area contributed by atoms with E-state index in [1.54, 1.807) is 0 Å². The quantitative estimate of drug-likeness (QED) is 0.225. The van der Waals surface area contributed by atoms with Crippen LogP contribution in [-0.4, -0.2) is 47.1 Å². The molecular weight excluding hydrogens is 495 g/mol. The Bertz CT molecular complexity index is 811. The highest BCUT2D eigenvalue weighted by Gasteiger charge is 2.22. The topological polar surface area (TPSA) is 85.6 Å². The molecule has 0 aliphatic carbocycles. The standard InChI is InChI=1S/C21H32N6O2.HI/c1-4-28-13-8-7-12-22-21(23-15-20-26-25-16(2)27(20)3)24-18-11-14-29-19-10-6-5-9-17(18)19;/h5-6,9-10,18H,4,7-8,11-15H2,1-3H3,(H2,22,23,24);1H. The number of benzene rings is 1. The Balaban J connectivity index is 0.00000320. The summed E-state index contributed by atoms with van der Waals surface area (Å²) in [6.07, 6.45) is 2.94. The molecule has 0 spiro atoms. The summed E-state index contributed by atoms with van der Waals surface area (Å²) < 4.78 is 13.2. The van der Waals surface area contributed by atoms with Gasteiger partial charge in [-0.2, -0.15) is 0 Å². The molecule has 1 unspecified atom stereocenters. The Morgan fingerprint density at radius 2 is 2.13 bits per heavy atom. The SMILES string of the molecule is CCOCCCCNC(=NCc1nnc(C)n1C)NC1CCOc2ccccc21.I. The molecule has 3 rings (SSSR count). The largest absolute Gasteiger partial charge is 0.493 e. The zero-order valence-electron chi connectivity index (χ0n) is 18.1. The first-order valence-electron chi connectivity index (χ1n) is 10.4. The van der Waals surface area contributed by atoms with Gasteiger partial charge in [0.05, 0.1) is 12.6 Å². The van der Waals surface area contributed by atoms with Gasteiger partial charge in [0.1, 0.15) is 18.1 Å². The minimum atomic E-state index is 0. The average Bonchev–Trinajstić information content (AvgIpc) is 3.06. The summed E-state index contributed by atoms with van der Waals surface area (Å²) >= 11 is 0. The maximum Gasteiger partial charge on any atom is 0.192 e. The molecule has 0 bridgehead atoms. The molecule has 0 amide bonds. The van der Waals surface area contributed by atoms with Crippen LogP contribution in [0.1, 0.15) is 49.4 Å². The molecule has 1 aromatic heterocycles. The summed E-state index contributed by atoms with van der Waals surface area (Å²) in [5, 5.41) is 15.4. The van der Waals surface area contributed by atoms with Gasteiger partial charge in [0.15, 0.2) is 11.8 Å². The maximum absolute atomic E-state index is 5.78. The van der Waals surface area contributed by atoms with Gasteiger partial charge in [0.2, 0.25) is 0 Å². The van der Waals surface area contributed by atoms with Crippen LogP contribution < -0.4 is 15.4 Å². The Kier molecular flexibility index (Phi) is 10.4. The molecule has 0 radical (unpaired) electrons. The highest BCUT2D eigenvalue weighted by molar-refractivity contribution is 14.0. The van der Waals surface area contributed by atoms with Crippen LogP contribution in [0.2, 0.25) is 0 Å². The summed E-state index contributed by atoms with van der Waals surface area (Å²) in [7, 11) is 1.96. The molecule has 0 fully saturated rings. The van der Waals surface area contributed by atoms with Crippen molar-refractivity contribution in [2.24, 2.45) is 12.0 Å². The highest BCUT2D eigenvalue weighted by Crippen LogP contribution is 2.31. The predicted octanol–water partition coefficient (Wildman–Crippen LogP) is 3.12. The van der Waals surface area contributed by atoms with Crippen molar-refractivity contribution in [1.29, 1.82) is 0 Å². The predicted molar refractivity (Wildman–Crippen MR) is 128 cm³/mol. The number of para-hydroxylation sites is 1. The zero-order chi connectivity index (χ0) is 20.5. The minimum Gasteiger partial charge on any atom is -0.493 e. The summed E-state index contributed by atoms with van der Waals surface area (Å²) in [5.74, 6) is 3.44. The molecule has 2 aromatic rings. The number of fused-ring (bicyclic) bond motifs is 1. The molecule has 1 aliphatic heterocycles. The number of aryl methyl sites for hydroxylation is 1.